The van der Waals surface area contributed by atoms with E-state index < -0.39 is 0 Å². The lowest BCUT2D eigenvalue weighted by atomic mass is 10.2. The Kier molecular flexibility index (Phi) is 4.00. The summed E-state index contributed by atoms with van der Waals surface area (Å²) >= 11 is 0. The second-order valence-corrected chi connectivity index (χ2v) is 5.39. The van der Waals surface area contributed by atoms with E-state index in [0.29, 0.717) is 0 Å². The topological polar surface area (TPSA) is 38.5 Å². The Morgan fingerprint density at radius 3 is 2.78 bits per heavy atom. The molecule has 1 aliphatic carbocycles. The smallest absolute Gasteiger partial charge is 0.144 e. The van der Waals surface area contributed by atoms with Crippen LogP contribution in [0.1, 0.15) is 26.7 Å². The van der Waals surface area contributed by atoms with Gasteiger partial charge in [-0.15, -0.1) is 0 Å². The summed E-state index contributed by atoms with van der Waals surface area (Å²) in [5.74, 6) is 2.51. The largest absolute Gasteiger partial charge is 0.491 e. The van der Waals surface area contributed by atoms with Gasteiger partial charge in [-0.1, -0.05) is 19.9 Å². The fraction of sp³-hybridized carbons (Fsp3) is 0.600. The van der Waals surface area contributed by atoms with Crippen molar-refractivity contribution in [2.45, 2.75) is 26.7 Å². The van der Waals surface area contributed by atoms with E-state index in [1.807, 2.05) is 12.1 Å². The summed E-state index contributed by atoms with van der Waals surface area (Å²) in [5.41, 5.74) is 8.04. The van der Waals surface area contributed by atoms with E-state index in [1.54, 1.807) is 0 Å². The van der Waals surface area contributed by atoms with Gasteiger partial charge in [0.1, 0.15) is 5.75 Å². The van der Waals surface area contributed by atoms with Gasteiger partial charge >= 0.3 is 0 Å². The predicted octanol–water partition coefficient (Wildman–Crippen LogP) is 3.15. The first-order valence-electron chi connectivity index (χ1n) is 6.86. The van der Waals surface area contributed by atoms with Crippen LogP contribution in [0.5, 0.6) is 5.75 Å². The predicted molar refractivity (Wildman–Crippen MR) is 77.2 cm³/mol. The molecule has 0 aliphatic heterocycles. The molecule has 0 heterocycles. The Balaban J connectivity index is 2.06. The highest BCUT2D eigenvalue weighted by Gasteiger charge is 2.33. The van der Waals surface area contributed by atoms with Gasteiger partial charge in [-0.3, -0.25) is 0 Å². The van der Waals surface area contributed by atoms with Gasteiger partial charge in [-0.2, -0.15) is 0 Å². The van der Waals surface area contributed by atoms with Crippen LogP contribution in [0, 0.1) is 11.8 Å². The molecule has 0 amide bonds. The number of nitrogen functional groups attached to an aromatic ring is 1. The monoisotopic (exact) mass is 248 g/mol. The zero-order chi connectivity index (χ0) is 13.1. The standard InChI is InChI=1S/C15H24N2O/c1-4-8-18-14-7-5-6-13(15(14)16)17(3)10-12-9-11(12)2/h5-7,11-12H,4,8-10,16H2,1-3H3. The van der Waals surface area contributed by atoms with Crippen LogP contribution >= 0.6 is 0 Å². The SMILES string of the molecule is CCCOc1cccc(N(C)CC2CC2C)c1N. The normalized spacial score (nSPS) is 21.7. The molecule has 3 heteroatoms. The molecule has 0 radical (unpaired) electrons. The molecule has 2 atom stereocenters. The molecule has 3 nitrogen and oxygen atoms in total. The van der Waals surface area contributed by atoms with Crippen molar-refractivity contribution >= 4 is 11.4 Å². The first-order chi connectivity index (χ1) is 8.63. The summed E-state index contributed by atoms with van der Waals surface area (Å²) in [6.45, 7) is 6.21. The van der Waals surface area contributed by atoms with Crippen LogP contribution in [0.15, 0.2) is 18.2 Å². The molecule has 1 aliphatic rings. The highest BCUT2D eigenvalue weighted by molar-refractivity contribution is 5.73. The van der Waals surface area contributed by atoms with Crippen molar-refractivity contribution in [3.05, 3.63) is 18.2 Å². The van der Waals surface area contributed by atoms with Gasteiger partial charge in [-0.25, -0.2) is 0 Å². The number of rotatable bonds is 6. The molecule has 18 heavy (non-hydrogen) atoms. The van der Waals surface area contributed by atoms with Gasteiger partial charge in [0.05, 0.1) is 18.0 Å². The Labute approximate surface area is 110 Å². The maximum atomic E-state index is 6.19. The van der Waals surface area contributed by atoms with Gasteiger partial charge in [-0.05, 0) is 36.8 Å². The lowest BCUT2D eigenvalue weighted by molar-refractivity contribution is 0.319. The summed E-state index contributed by atoms with van der Waals surface area (Å²) in [6, 6.07) is 6.03. The fourth-order valence-electron chi connectivity index (χ4n) is 2.31. The number of nitrogens with zero attached hydrogens (tertiary/aromatic N) is 1. The van der Waals surface area contributed by atoms with Crippen LogP contribution in [-0.2, 0) is 0 Å². The highest BCUT2D eigenvalue weighted by atomic mass is 16.5. The van der Waals surface area contributed by atoms with E-state index in [4.69, 9.17) is 10.5 Å². The van der Waals surface area contributed by atoms with Crippen molar-refractivity contribution in [1.29, 1.82) is 0 Å². The summed E-state index contributed by atoms with van der Waals surface area (Å²) in [5, 5.41) is 0. The van der Waals surface area contributed by atoms with E-state index in [-0.39, 0.29) is 0 Å². The molecular formula is C15H24N2O. The van der Waals surface area contributed by atoms with Crippen molar-refractivity contribution in [1.82, 2.24) is 0 Å². The highest BCUT2D eigenvalue weighted by Crippen LogP contribution is 2.40. The minimum absolute atomic E-state index is 0.719. The number of anilines is 2. The third-order valence-electron chi connectivity index (χ3n) is 3.70. The average molecular weight is 248 g/mol. The van der Waals surface area contributed by atoms with Crippen molar-refractivity contribution in [3.63, 3.8) is 0 Å². The molecule has 1 fully saturated rings. The van der Waals surface area contributed by atoms with Gasteiger partial charge in [0.2, 0.25) is 0 Å². The van der Waals surface area contributed by atoms with Crippen LogP contribution < -0.4 is 15.4 Å². The number of ether oxygens (including phenoxy) is 1. The molecule has 0 bridgehead atoms. The maximum Gasteiger partial charge on any atom is 0.144 e. The second kappa shape index (κ2) is 5.51. The number of hydrogen-bond acceptors (Lipinski definition) is 3. The van der Waals surface area contributed by atoms with E-state index in [9.17, 15) is 0 Å². The van der Waals surface area contributed by atoms with E-state index in [2.05, 4.69) is 31.9 Å². The molecule has 1 aromatic carbocycles. The van der Waals surface area contributed by atoms with Gasteiger partial charge in [0.15, 0.2) is 0 Å². The number of nitrogens with two attached hydrogens (primary N) is 1. The van der Waals surface area contributed by atoms with Crippen LogP contribution in [0.3, 0.4) is 0 Å². The molecular weight excluding hydrogens is 224 g/mol. The van der Waals surface area contributed by atoms with Crippen molar-refractivity contribution in [3.8, 4) is 5.75 Å². The van der Waals surface area contributed by atoms with Gasteiger partial charge < -0.3 is 15.4 Å². The Morgan fingerprint density at radius 2 is 2.17 bits per heavy atom. The third kappa shape index (κ3) is 2.89. The van der Waals surface area contributed by atoms with Crippen molar-refractivity contribution in [2.24, 2.45) is 11.8 Å². The first-order valence-corrected chi connectivity index (χ1v) is 6.86. The van der Waals surface area contributed by atoms with Crippen LogP contribution in [0.25, 0.3) is 0 Å². The Bertz CT molecular complexity index is 405. The minimum Gasteiger partial charge on any atom is -0.491 e. The Hall–Kier alpha value is -1.38. The third-order valence-corrected chi connectivity index (χ3v) is 3.70. The van der Waals surface area contributed by atoms with Crippen molar-refractivity contribution < 1.29 is 4.74 Å². The number of hydrogen-bond donors (Lipinski definition) is 1. The van der Waals surface area contributed by atoms with E-state index >= 15 is 0 Å². The lowest BCUT2D eigenvalue weighted by Gasteiger charge is -2.22. The first kappa shape index (κ1) is 13.1. The molecule has 0 aromatic heterocycles. The maximum absolute atomic E-state index is 6.19. The van der Waals surface area contributed by atoms with E-state index in [0.717, 1.165) is 48.5 Å². The molecule has 1 aromatic rings. The quantitative estimate of drug-likeness (QED) is 0.786. The summed E-state index contributed by atoms with van der Waals surface area (Å²) < 4.78 is 5.67. The average Bonchev–Trinajstić information content (AvgIpc) is 3.03. The fourth-order valence-corrected chi connectivity index (χ4v) is 2.31. The second-order valence-electron chi connectivity index (χ2n) is 5.39. The minimum atomic E-state index is 0.719. The summed E-state index contributed by atoms with van der Waals surface area (Å²) in [7, 11) is 2.11. The molecule has 2 N–H and O–H groups in total. The summed E-state index contributed by atoms with van der Waals surface area (Å²) in [6.07, 6.45) is 2.34. The molecule has 100 valence electrons. The zero-order valence-corrected chi connectivity index (χ0v) is 11.6. The Morgan fingerprint density at radius 1 is 1.44 bits per heavy atom. The van der Waals surface area contributed by atoms with Crippen LogP contribution in [0.2, 0.25) is 0 Å². The van der Waals surface area contributed by atoms with Gasteiger partial charge in [0.25, 0.3) is 0 Å². The van der Waals surface area contributed by atoms with Crippen LogP contribution in [-0.4, -0.2) is 20.2 Å². The lowest BCUT2D eigenvalue weighted by Crippen LogP contribution is -2.21. The molecule has 1 saturated carbocycles. The van der Waals surface area contributed by atoms with Crippen LogP contribution in [0.4, 0.5) is 11.4 Å². The molecule has 2 unspecified atom stereocenters. The molecule has 2 rings (SSSR count). The van der Waals surface area contributed by atoms with Crippen molar-refractivity contribution in [2.75, 3.05) is 30.8 Å². The molecule has 0 spiro atoms. The number of benzene rings is 1. The summed E-state index contributed by atoms with van der Waals surface area (Å²) in [4.78, 5) is 2.25. The zero-order valence-electron chi connectivity index (χ0n) is 11.6. The number of para-hydroxylation sites is 1. The van der Waals surface area contributed by atoms with E-state index in [1.165, 1.54) is 6.42 Å². The van der Waals surface area contributed by atoms with Gasteiger partial charge in [0, 0.05) is 13.6 Å². The molecule has 0 saturated heterocycles.